The van der Waals surface area contributed by atoms with Crippen molar-refractivity contribution in [1.29, 1.82) is 0 Å². The summed E-state index contributed by atoms with van der Waals surface area (Å²) in [6.07, 6.45) is 0. The fourth-order valence-electron chi connectivity index (χ4n) is 0.907. The van der Waals surface area contributed by atoms with E-state index in [0.717, 1.165) is 16.7 Å². The number of rotatable bonds is 2. The minimum absolute atomic E-state index is 0.308. The molecule has 1 atom stereocenters. The molecule has 1 N–H and O–H groups in total. The molecule has 0 unspecified atom stereocenters. The van der Waals surface area contributed by atoms with Crippen molar-refractivity contribution in [3.8, 4) is 0 Å². The zero-order valence-corrected chi connectivity index (χ0v) is 13.1. The SMILES string of the molecule is CN(C)C(=O)N[C@H](SC1=NCCS1)C(Cl)(Cl)Cl. The van der Waals surface area contributed by atoms with Crippen LogP contribution < -0.4 is 5.32 Å². The molecule has 0 bridgehead atoms. The van der Waals surface area contributed by atoms with Crippen LogP contribution in [0.2, 0.25) is 0 Å². The van der Waals surface area contributed by atoms with Crippen LogP contribution in [0, 0.1) is 0 Å². The van der Waals surface area contributed by atoms with E-state index in [1.807, 2.05) is 0 Å². The van der Waals surface area contributed by atoms with Crippen molar-refractivity contribution in [3.05, 3.63) is 0 Å². The van der Waals surface area contributed by atoms with Gasteiger partial charge in [-0.05, 0) is 0 Å². The van der Waals surface area contributed by atoms with Gasteiger partial charge in [0.25, 0.3) is 0 Å². The standard InChI is InChI=1S/C8H12Cl3N3OS2/c1-14(2)6(15)13-5(8(9,10)11)17-7-12-3-4-16-7/h5H,3-4H2,1-2H3,(H,13,15)/t5-/m1/s1. The predicted molar refractivity (Wildman–Crippen MR) is 78.6 cm³/mol. The van der Waals surface area contributed by atoms with E-state index in [1.54, 1.807) is 25.9 Å². The Labute approximate surface area is 124 Å². The maximum absolute atomic E-state index is 11.6. The van der Waals surface area contributed by atoms with E-state index in [-0.39, 0.29) is 6.03 Å². The highest BCUT2D eigenvalue weighted by Crippen LogP contribution is 2.39. The van der Waals surface area contributed by atoms with Gasteiger partial charge in [-0.1, -0.05) is 58.3 Å². The monoisotopic (exact) mass is 335 g/mol. The van der Waals surface area contributed by atoms with Crippen molar-refractivity contribution in [2.45, 2.75) is 9.17 Å². The van der Waals surface area contributed by atoms with Crippen molar-refractivity contribution in [1.82, 2.24) is 10.2 Å². The number of carbonyl (C=O) groups excluding carboxylic acids is 1. The third-order valence-corrected chi connectivity index (χ3v) is 5.22. The van der Waals surface area contributed by atoms with Crippen LogP contribution in [0.3, 0.4) is 0 Å². The molecule has 2 amide bonds. The highest BCUT2D eigenvalue weighted by Gasteiger charge is 2.36. The third-order valence-electron chi connectivity index (χ3n) is 1.73. The molecule has 17 heavy (non-hydrogen) atoms. The van der Waals surface area contributed by atoms with Crippen LogP contribution in [0.4, 0.5) is 4.79 Å². The number of alkyl halides is 3. The van der Waals surface area contributed by atoms with Crippen molar-refractivity contribution in [2.75, 3.05) is 26.4 Å². The Morgan fingerprint density at radius 1 is 1.59 bits per heavy atom. The van der Waals surface area contributed by atoms with Gasteiger partial charge in [0.1, 0.15) is 9.75 Å². The molecule has 1 aliphatic heterocycles. The summed E-state index contributed by atoms with van der Waals surface area (Å²) >= 11 is 20.4. The summed E-state index contributed by atoms with van der Waals surface area (Å²) in [5.41, 5.74) is 0. The van der Waals surface area contributed by atoms with Crippen LogP contribution in [0.25, 0.3) is 0 Å². The van der Waals surface area contributed by atoms with Crippen molar-refractivity contribution in [2.24, 2.45) is 4.99 Å². The molecule has 0 aromatic heterocycles. The Kier molecular flexibility index (Phi) is 6.05. The number of carbonyl (C=O) groups is 1. The topological polar surface area (TPSA) is 44.7 Å². The predicted octanol–water partition coefficient (Wildman–Crippen LogP) is 2.79. The molecule has 0 radical (unpaired) electrons. The van der Waals surface area contributed by atoms with Crippen LogP contribution in [-0.2, 0) is 0 Å². The highest BCUT2D eigenvalue weighted by atomic mass is 35.6. The van der Waals surface area contributed by atoms with Gasteiger partial charge in [-0.25, -0.2) is 4.79 Å². The van der Waals surface area contributed by atoms with E-state index in [4.69, 9.17) is 34.8 Å². The summed E-state index contributed by atoms with van der Waals surface area (Å²) < 4.78 is -0.748. The zero-order chi connectivity index (χ0) is 13.1. The Balaban J connectivity index is 2.64. The molecule has 0 saturated carbocycles. The van der Waals surface area contributed by atoms with Gasteiger partial charge in [0.05, 0.1) is 6.54 Å². The van der Waals surface area contributed by atoms with Crippen LogP contribution in [-0.4, -0.2) is 50.9 Å². The first kappa shape index (κ1) is 15.6. The molecule has 0 aliphatic carbocycles. The summed E-state index contributed by atoms with van der Waals surface area (Å²) in [6.45, 7) is 0.765. The fourth-order valence-corrected chi connectivity index (χ4v) is 3.48. The Bertz CT molecular complexity index is 320. The molecule has 9 heteroatoms. The van der Waals surface area contributed by atoms with Gasteiger partial charge < -0.3 is 10.2 Å². The summed E-state index contributed by atoms with van der Waals surface area (Å²) in [5.74, 6) is 0.927. The molecule has 98 valence electrons. The van der Waals surface area contributed by atoms with E-state index in [1.165, 1.54) is 16.7 Å². The van der Waals surface area contributed by atoms with Crippen molar-refractivity contribution in [3.63, 3.8) is 0 Å². The van der Waals surface area contributed by atoms with Gasteiger partial charge in [-0.2, -0.15) is 0 Å². The number of amides is 2. The maximum atomic E-state index is 11.6. The number of halogens is 3. The lowest BCUT2D eigenvalue weighted by Gasteiger charge is -2.26. The highest BCUT2D eigenvalue weighted by molar-refractivity contribution is 8.39. The molecular weight excluding hydrogens is 325 g/mol. The molecule has 0 aromatic rings. The van der Waals surface area contributed by atoms with E-state index in [2.05, 4.69) is 10.3 Å². The normalized spacial score (nSPS) is 17.6. The zero-order valence-electron chi connectivity index (χ0n) is 9.24. The molecule has 0 saturated heterocycles. The molecule has 1 aliphatic rings. The molecule has 1 rings (SSSR count). The van der Waals surface area contributed by atoms with Crippen LogP contribution in [0.5, 0.6) is 0 Å². The molecule has 0 aromatic carbocycles. The summed E-state index contributed by atoms with van der Waals surface area (Å²) in [5, 5.41) is 1.98. The van der Waals surface area contributed by atoms with Crippen molar-refractivity contribution >= 4 is 68.7 Å². The van der Waals surface area contributed by atoms with Crippen LogP contribution in [0.15, 0.2) is 4.99 Å². The average molecular weight is 337 g/mol. The van der Waals surface area contributed by atoms with E-state index in [9.17, 15) is 4.79 Å². The smallest absolute Gasteiger partial charge is 0.317 e. The lowest BCUT2D eigenvalue weighted by Crippen LogP contribution is -2.46. The second kappa shape index (κ2) is 6.61. The third kappa shape index (κ3) is 5.34. The van der Waals surface area contributed by atoms with Gasteiger partial charge in [-0.3, -0.25) is 4.99 Å². The summed E-state index contributed by atoms with van der Waals surface area (Å²) in [6, 6.07) is -0.308. The minimum atomic E-state index is -1.58. The molecule has 1 heterocycles. The first-order valence-corrected chi connectivity index (χ1v) is 7.69. The lowest BCUT2D eigenvalue weighted by molar-refractivity contribution is 0.216. The van der Waals surface area contributed by atoms with Crippen molar-refractivity contribution < 1.29 is 4.79 Å². The van der Waals surface area contributed by atoms with Gasteiger partial charge in [0.2, 0.25) is 3.79 Å². The number of aliphatic imine (C=N–C) groups is 1. The molecule has 4 nitrogen and oxygen atoms in total. The summed E-state index contributed by atoms with van der Waals surface area (Å²) in [7, 11) is 3.24. The summed E-state index contributed by atoms with van der Waals surface area (Å²) in [4.78, 5) is 17.2. The molecule has 0 fully saturated rings. The van der Waals surface area contributed by atoms with Crippen LogP contribution in [0.1, 0.15) is 0 Å². The second-order valence-corrected chi connectivity index (χ2v) is 8.18. The number of hydrogen-bond donors (Lipinski definition) is 1. The Morgan fingerprint density at radius 2 is 2.24 bits per heavy atom. The number of urea groups is 1. The first-order valence-electron chi connectivity index (χ1n) is 4.69. The average Bonchev–Trinajstić information content (AvgIpc) is 2.67. The van der Waals surface area contributed by atoms with Crippen LogP contribution >= 0.6 is 58.3 Å². The number of hydrogen-bond acceptors (Lipinski definition) is 4. The molecular formula is C8H12Cl3N3OS2. The lowest BCUT2D eigenvalue weighted by atomic mass is 10.7. The Morgan fingerprint density at radius 3 is 2.65 bits per heavy atom. The minimum Gasteiger partial charge on any atom is -0.331 e. The van der Waals surface area contributed by atoms with E-state index < -0.39 is 9.17 Å². The van der Waals surface area contributed by atoms with E-state index in [0.29, 0.717) is 0 Å². The molecule has 0 spiro atoms. The largest absolute Gasteiger partial charge is 0.331 e. The van der Waals surface area contributed by atoms with Gasteiger partial charge in [-0.15, -0.1) is 0 Å². The fraction of sp³-hybridized carbons (Fsp3) is 0.750. The first-order chi connectivity index (χ1) is 7.80. The quantitative estimate of drug-likeness (QED) is 0.623. The van der Waals surface area contributed by atoms with Gasteiger partial charge in [0, 0.05) is 19.8 Å². The number of thioether (sulfide) groups is 2. The Hall–Kier alpha value is 0.510. The van der Waals surface area contributed by atoms with Gasteiger partial charge >= 0.3 is 6.03 Å². The van der Waals surface area contributed by atoms with Gasteiger partial charge in [0.15, 0.2) is 0 Å². The number of nitrogens with one attached hydrogen (secondary N) is 1. The second-order valence-electron chi connectivity index (χ2n) is 3.38. The van der Waals surface area contributed by atoms with E-state index >= 15 is 0 Å². The maximum Gasteiger partial charge on any atom is 0.317 e. The number of nitrogens with zero attached hydrogens (tertiary/aromatic N) is 2.